The van der Waals surface area contributed by atoms with Gasteiger partial charge in [-0.3, -0.25) is 5.32 Å². The van der Waals surface area contributed by atoms with Crippen molar-refractivity contribution in [2.75, 3.05) is 10.6 Å². The van der Waals surface area contributed by atoms with E-state index in [1.807, 2.05) is 13.0 Å². The predicted molar refractivity (Wildman–Crippen MR) is 87.0 cm³/mol. The summed E-state index contributed by atoms with van der Waals surface area (Å²) in [5.41, 5.74) is 1.11. The molecule has 0 aliphatic rings. The van der Waals surface area contributed by atoms with E-state index >= 15 is 0 Å². The number of aryl methyl sites for hydroxylation is 1. The van der Waals surface area contributed by atoms with Gasteiger partial charge in [-0.1, -0.05) is 0 Å². The van der Waals surface area contributed by atoms with Crippen LogP contribution in [0.25, 0.3) is 0 Å². The quantitative estimate of drug-likeness (QED) is 0.858. The van der Waals surface area contributed by atoms with E-state index in [4.69, 9.17) is 9.15 Å². The molecule has 2 aromatic rings. The minimum absolute atomic E-state index is 0.273. The lowest BCUT2D eigenvalue weighted by Gasteiger charge is -2.20. The van der Waals surface area contributed by atoms with Gasteiger partial charge in [-0.05, 0) is 57.5 Å². The van der Waals surface area contributed by atoms with Crippen molar-refractivity contribution in [3.05, 3.63) is 47.7 Å². The van der Waals surface area contributed by atoms with Gasteiger partial charge in [0.15, 0.2) is 0 Å². The van der Waals surface area contributed by atoms with Crippen LogP contribution in [0.2, 0.25) is 0 Å². The predicted octanol–water partition coefficient (Wildman–Crippen LogP) is 4.69. The van der Waals surface area contributed by atoms with Gasteiger partial charge in [0.1, 0.15) is 17.2 Å². The van der Waals surface area contributed by atoms with E-state index in [1.165, 1.54) is 18.2 Å². The topological polar surface area (TPSA) is 63.5 Å². The second-order valence-electron chi connectivity index (χ2n) is 6.20. The Morgan fingerprint density at radius 2 is 2.04 bits per heavy atom. The van der Waals surface area contributed by atoms with Crippen LogP contribution >= 0.6 is 0 Å². The first-order valence-electron chi connectivity index (χ1n) is 7.31. The zero-order chi connectivity index (χ0) is 17.0. The molecule has 23 heavy (non-hydrogen) atoms. The Hall–Kier alpha value is -2.50. The highest BCUT2D eigenvalue weighted by atomic mass is 19.1. The van der Waals surface area contributed by atoms with Gasteiger partial charge in [0.2, 0.25) is 0 Å². The summed E-state index contributed by atoms with van der Waals surface area (Å²) in [5, 5.41) is 5.54. The first-order chi connectivity index (χ1) is 10.7. The molecule has 0 bridgehead atoms. The van der Waals surface area contributed by atoms with Crippen molar-refractivity contribution in [2.45, 2.75) is 39.8 Å². The number of hydrogen-bond acceptors (Lipinski definition) is 4. The van der Waals surface area contributed by atoms with E-state index < -0.39 is 17.5 Å². The van der Waals surface area contributed by atoms with Crippen LogP contribution in [0.3, 0.4) is 0 Å². The first kappa shape index (κ1) is 16.9. The second kappa shape index (κ2) is 6.73. The van der Waals surface area contributed by atoms with Crippen molar-refractivity contribution in [1.82, 2.24) is 0 Å². The maximum Gasteiger partial charge on any atom is 0.412 e. The van der Waals surface area contributed by atoms with Gasteiger partial charge in [0.05, 0.1) is 18.5 Å². The van der Waals surface area contributed by atoms with Gasteiger partial charge >= 0.3 is 6.09 Å². The monoisotopic (exact) mass is 320 g/mol. The van der Waals surface area contributed by atoms with E-state index in [0.29, 0.717) is 12.2 Å². The maximum atomic E-state index is 13.9. The number of furan rings is 1. The highest BCUT2D eigenvalue weighted by Gasteiger charge is 2.16. The fourth-order valence-corrected chi connectivity index (χ4v) is 1.92. The van der Waals surface area contributed by atoms with Crippen LogP contribution in [0.15, 0.2) is 34.9 Å². The van der Waals surface area contributed by atoms with Gasteiger partial charge in [-0.2, -0.15) is 0 Å². The molecule has 0 saturated carbocycles. The number of benzene rings is 1. The third-order valence-electron chi connectivity index (χ3n) is 3.02. The molecule has 1 heterocycles. The number of anilines is 2. The van der Waals surface area contributed by atoms with Crippen molar-refractivity contribution in [3.8, 4) is 0 Å². The summed E-state index contributed by atoms with van der Waals surface area (Å²) in [6, 6.07) is 6.11. The summed E-state index contributed by atoms with van der Waals surface area (Å²) >= 11 is 0. The molecule has 5 nitrogen and oxygen atoms in total. The molecule has 0 aliphatic heterocycles. The normalized spacial score (nSPS) is 11.2. The fourth-order valence-electron chi connectivity index (χ4n) is 1.92. The first-order valence-corrected chi connectivity index (χ1v) is 7.31. The molecule has 2 rings (SSSR count). The molecule has 1 amide bonds. The lowest BCUT2D eigenvalue weighted by molar-refractivity contribution is 0.0636. The van der Waals surface area contributed by atoms with Crippen LogP contribution in [0.4, 0.5) is 20.6 Å². The minimum Gasteiger partial charge on any atom is -0.467 e. The third kappa shape index (κ3) is 5.02. The number of carbonyl (C=O) groups excluding carboxylic acids is 1. The Morgan fingerprint density at radius 1 is 1.30 bits per heavy atom. The number of nitrogens with one attached hydrogen (secondary N) is 2. The average molecular weight is 320 g/mol. The molecule has 1 aromatic carbocycles. The van der Waals surface area contributed by atoms with Crippen LogP contribution in [0.1, 0.15) is 32.1 Å². The van der Waals surface area contributed by atoms with Crippen molar-refractivity contribution in [3.63, 3.8) is 0 Å². The van der Waals surface area contributed by atoms with E-state index in [-0.39, 0.29) is 5.69 Å². The zero-order valence-electron chi connectivity index (χ0n) is 13.7. The number of carbonyl (C=O) groups is 1. The minimum atomic E-state index is -0.595. The molecule has 0 spiro atoms. The molecular weight excluding hydrogens is 299 g/mol. The molecule has 0 saturated heterocycles. The summed E-state index contributed by atoms with van der Waals surface area (Å²) < 4.78 is 24.3. The van der Waals surface area contributed by atoms with E-state index in [2.05, 4.69) is 10.6 Å². The summed E-state index contributed by atoms with van der Waals surface area (Å²) in [7, 11) is 0. The van der Waals surface area contributed by atoms with E-state index in [1.54, 1.807) is 27.0 Å². The molecule has 2 N–H and O–H groups in total. The molecule has 0 aliphatic carbocycles. The van der Waals surface area contributed by atoms with Crippen LogP contribution in [0, 0.1) is 12.7 Å². The lowest BCUT2D eigenvalue weighted by atomic mass is 10.2. The summed E-state index contributed by atoms with van der Waals surface area (Å²) in [5.74, 6) is 0.318. The van der Waals surface area contributed by atoms with Gasteiger partial charge in [-0.15, -0.1) is 0 Å². The van der Waals surface area contributed by atoms with Crippen molar-refractivity contribution in [1.29, 1.82) is 0 Å². The van der Waals surface area contributed by atoms with Crippen molar-refractivity contribution in [2.24, 2.45) is 0 Å². The van der Waals surface area contributed by atoms with Gasteiger partial charge in [0, 0.05) is 5.69 Å². The molecule has 0 unspecified atom stereocenters. The molecule has 0 radical (unpaired) electrons. The van der Waals surface area contributed by atoms with Crippen LogP contribution in [-0.4, -0.2) is 11.7 Å². The average Bonchev–Trinajstić information content (AvgIpc) is 2.83. The molecule has 6 heteroatoms. The Morgan fingerprint density at radius 3 is 2.65 bits per heavy atom. The summed E-state index contributed by atoms with van der Waals surface area (Å²) in [4.78, 5) is 11.8. The fraction of sp³-hybridized carbons (Fsp3) is 0.353. The Kier molecular flexibility index (Phi) is 4.93. The largest absolute Gasteiger partial charge is 0.467 e. The molecule has 0 fully saturated rings. The second-order valence-corrected chi connectivity index (χ2v) is 6.20. The smallest absolute Gasteiger partial charge is 0.412 e. The van der Waals surface area contributed by atoms with Gasteiger partial charge < -0.3 is 14.5 Å². The maximum absolute atomic E-state index is 13.9. The standard InChI is InChI=1S/C17H21FN2O3/c1-11-7-8-22-15(11)10-19-14-9-12(5-6-13(14)18)20-16(21)23-17(2,3)4/h5-9,19H,10H2,1-4H3,(H,20,21). The zero-order valence-corrected chi connectivity index (χ0v) is 13.7. The molecule has 1 aromatic heterocycles. The highest BCUT2D eigenvalue weighted by Crippen LogP contribution is 2.22. The Bertz CT molecular complexity index is 689. The van der Waals surface area contributed by atoms with Crippen molar-refractivity contribution >= 4 is 17.5 Å². The highest BCUT2D eigenvalue weighted by molar-refractivity contribution is 5.85. The number of ether oxygens (including phenoxy) is 1. The SMILES string of the molecule is Cc1ccoc1CNc1cc(NC(=O)OC(C)(C)C)ccc1F. The van der Waals surface area contributed by atoms with Crippen LogP contribution in [0.5, 0.6) is 0 Å². The molecule has 124 valence electrons. The lowest BCUT2D eigenvalue weighted by Crippen LogP contribution is -2.27. The van der Waals surface area contributed by atoms with Gasteiger partial charge in [0.25, 0.3) is 0 Å². The number of amides is 1. The van der Waals surface area contributed by atoms with Gasteiger partial charge in [-0.25, -0.2) is 9.18 Å². The van der Waals surface area contributed by atoms with E-state index in [0.717, 1.165) is 11.3 Å². The third-order valence-corrected chi connectivity index (χ3v) is 3.02. The van der Waals surface area contributed by atoms with E-state index in [9.17, 15) is 9.18 Å². The number of halogens is 1. The van der Waals surface area contributed by atoms with Crippen LogP contribution in [-0.2, 0) is 11.3 Å². The Labute approximate surface area is 134 Å². The van der Waals surface area contributed by atoms with Crippen molar-refractivity contribution < 1.29 is 18.3 Å². The number of rotatable bonds is 4. The summed E-state index contributed by atoms with van der Waals surface area (Å²) in [6.45, 7) is 7.59. The summed E-state index contributed by atoms with van der Waals surface area (Å²) in [6.07, 6.45) is 1.00. The molecule has 0 atom stereocenters. The number of hydrogen-bond donors (Lipinski definition) is 2. The molecular formula is C17H21FN2O3. The van der Waals surface area contributed by atoms with Crippen LogP contribution < -0.4 is 10.6 Å². The Balaban J connectivity index is 2.04.